The Morgan fingerprint density at radius 2 is 1.52 bits per heavy atom. The van der Waals surface area contributed by atoms with Crippen LogP contribution in [0.3, 0.4) is 0 Å². The van der Waals surface area contributed by atoms with Crippen LogP contribution in [0.5, 0.6) is 0 Å². The van der Waals surface area contributed by atoms with Gasteiger partial charge in [0.2, 0.25) is 0 Å². The zero-order valence-corrected chi connectivity index (χ0v) is 16.4. The second kappa shape index (κ2) is 7.75. The van der Waals surface area contributed by atoms with Crippen molar-refractivity contribution in [3.8, 4) is 0 Å². The highest BCUT2D eigenvalue weighted by Gasteiger charge is 2.40. The Balaban J connectivity index is 1.81. The van der Waals surface area contributed by atoms with Crippen molar-refractivity contribution in [2.24, 2.45) is 0 Å². The maximum absolute atomic E-state index is 13.3. The molecule has 0 bridgehead atoms. The first-order valence-corrected chi connectivity index (χ1v) is 9.45. The van der Waals surface area contributed by atoms with Crippen molar-refractivity contribution in [1.82, 2.24) is 0 Å². The van der Waals surface area contributed by atoms with Gasteiger partial charge in [-0.25, -0.2) is 4.90 Å². The predicted octanol–water partition coefficient (Wildman–Crippen LogP) is 5.41. The molecule has 1 aliphatic rings. The Morgan fingerprint density at radius 1 is 0.806 bits per heavy atom. The number of halogens is 3. The van der Waals surface area contributed by atoms with E-state index in [0.717, 1.165) is 22.6 Å². The highest BCUT2D eigenvalue weighted by molar-refractivity contribution is 6.46. The molecule has 0 saturated heterocycles. The van der Waals surface area contributed by atoms with Crippen LogP contribution in [-0.4, -0.2) is 11.8 Å². The monoisotopic (exact) mass is 422 g/mol. The molecule has 2 amide bonds. The van der Waals surface area contributed by atoms with Crippen LogP contribution in [-0.2, 0) is 15.8 Å². The van der Waals surface area contributed by atoms with Crippen molar-refractivity contribution in [3.63, 3.8) is 0 Å². The molecule has 0 unspecified atom stereocenters. The molecule has 0 aliphatic carbocycles. The van der Waals surface area contributed by atoms with E-state index in [2.05, 4.69) is 5.32 Å². The standard InChI is InChI=1S/C24H17F3N2O2/c1-15-7-5-12-19(13-15)29-22(30)20(16-8-3-2-4-9-16)21(23(29)31)28-18-11-6-10-17(14-18)24(25,26)27/h2-14,28H,1H3. The van der Waals surface area contributed by atoms with E-state index >= 15 is 0 Å². The highest BCUT2D eigenvalue weighted by Crippen LogP contribution is 2.35. The summed E-state index contributed by atoms with van der Waals surface area (Å²) in [5.41, 5.74) is 0.979. The van der Waals surface area contributed by atoms with E-state index in [9.17, 15) is 22.8 Å². The highest BCUT2D eigenvalue weighted by atomic mass is 19.4. The van der Waals surface area contributed by atoms with E-state index in [0.29, 0.717) is 11.3 Å². The zero-order chi connectivity index (χ0) is 22.2. The topological polar surface area (TPSA) is 49.4 Å². The maximum atomic E-state index is 13.3. The number of aryl methyl sites for hydroxylation is 1. The third kappa shape index (κ3) is 3.94. The first-order valence-electron chi connectivity index (χ1n) is 9.45. The van der Waals surface area contributed by atoms with Gasteiger partial charge in [0.1, 0.15) is 5.70 Å². The van der Waals surface area contributed by atoms with Crippen LogP contribution in [0.1, 0.15) is 16.7 Å². The number of nitrogens with zero attached hydrogens (tertiary/aromatic N) is 1. The average Bonchev–Trinajstić information content (AvgIpc) is 2.98. The number of anilines is 2. The van der Waals surface area contributed by atoms with E-state index in [4.69, 9.17) is 0 Å². The van der Waals surface area contributed by atoms with Gasteiger partial charge in [0.15, 0.2) is 0 Å². The number of rotatable bonds is 4. The van der Waals surface area contributed by atoms with Gasteiger partial charge in [0.05, 0.1) is 16.8 Å². The number of hydrogen-bond donors (Lipinski definition) is 1. The van der Waals surface area contributed by atoms with E-state index in [1.165, 1.54) is 12.1 Å². The number of carbonyl (C=O) groups excluding carboxylic acids is 2. The van der Waals surface area contributed by atoms with Crippen molar-refractivity contribution in [1.29, 1.82) is 0 Å². The average molecular weight is 422 g/mol. The second-order valence-corrected chi connectivity index (χ2v) is 7.10. The third-order valence-electron chi connectivity index (χ3n) is 4.87. The van der Waals surface area contributed by atoms with Crippen LogP contribution in [0.2, 0.25) is 0 Å². The Bertz CT molecular complexity index is 1200. The quantitative estimate of drug-likeness (QED) is 0.572. The van der Waals surface area contributed by atoms with Crippen LogP contribution in [0, 0.1) is 6.92 Å². The number of alkyl halides is 3. The summed E-state index contributed by atoms with van der Waals surface area (Å²) in [5.74, 6) is -1.18. The van der Waals surface area contributed by atoms with E-state index in [1.807, 2.05) is 13.0 Å². The maximum Gasteiger partial charge on any atom is 0.416 e. The lowest BCUT2D eigenvalue weighted by Crippen LogP contribution is -2.32. The van der Waals surface area contributed by atoms with E-state index in [1.54, 1.807) is 48.5 Å². The SMILES string of the molecule is Cc1cccc(N2C(=O)C(Nc3cccc(C(F)(F)F)c3)=C(c3ccccc3)C2=O)c1. The minimum Gasteiger partial charge on any atom is -0.350 e. The van der Waals surface area contributed by atoms with E-state index < -0.39 is 23.6 Å². The lowest BCUT2D eigenvalue weighted by molar-refractivity contribution is -0.137. The molecule has 1 N–H and O–H groups in total. The number of benzene rings is 3. The molecule has 1 heterocycles. The molecule has 0 spiro atoms. The number of hydrogen-bond acceptors (Lipinski definition) is 3. The fraction of sp³-hybridized carbons (Fsp3) is 0.0833. The zero-order valence-electron chi connectivity index (χ0n) is 16.4. The van der Waals surface area contributed by atoms with Gasteiger partial charge in [-0.2, -0.15) is 13.2 Å². The molecular weight excluding hydrogens is 405 g/mol. The van der Waals surface area contributed by atoms with Gasteiger partial charge in [0.25, 0.3) is 11.8 Å². The number of carbonyl (C=O) groups is 2. The molecule has 156 valence electrons. The molecule has 0 radical (unpaired) electrons. The molecule has 0 fully saturated rings. The molecular formula is C24H17F3N2O2. The summed E-state index contributed by atoms with van der Waals surface area (Å²) in [4.78, 5) is 27.6. The normalized spacial score (nSPS) is 14.4. The molecule has 0 atom stereocenters. The first kappa shape index (κ1) is 20.4. The smallest absolute Gasteiger partial charge is 0.350 e. The summed E-state index contributed by atoms with van der Waals surface area (Å²) in [6.45, 7) is 1.84. The molecule has 31 heavy (non-hydrogen) atoms. The largest absolute Gasteiger partial charge is 0.416 e. The third-order valence-corrected chi connectivity index (χ3v) is 4.87. The summed E-state index contributed by atoms with van der Waals surface area (Å²) in [6.07, 6.45) is -4.53. The van der Waals surface area contributed by atoms with Crippen LogP contribution < -0.4 is 10.2 Å². The summed E-state index contributed by atoms with van der Waals surface area (Å²) in [5, 5.41) is 2.76. The van der Waals surface area contributed by atoms with Crippen LogP contribution >= 0.6 is 0 Å². The lowest BCUT2D eigenvalue weighted by atomic mass is 10.0. The Hall–Kier alpha value is -3.87. The second-order valence-electron chi connectivity index (χ2n) is 7.10. The van der Waals surface area contributed by atoms with Crippen molar-refractivity contribution < 1.29 is 22.8 Å². The van der Waals surface area contributed by atoms with E-state index in [-0.39, 0.29) is 17.0 Å². The summed E-state index contributed by atoms with van der Waals surface area (Å²) in [7, 11) is 0. The van der Waals surface area contributed by atoms with Gasteiger partial charge >= 0.3 is 6.18 Å². The van der Waals surface area contributed by atoms with Crippen LogP contribution in [0.15, 0.2) is 84.6 Å². The molecule has 4 nitrogen and oxygen atoms in total. The van der Waals surface area contributed by atoms with Gasteiger partial charge < -0.3 is 5.32 Å². The fourth-order valence-electron chi connectivity index (χ4n) is 3.44. The molecule has 1 aliphatic heterocycles. The Kier molecular flexibility index (Phi) is 5.10. The van der Waals surface area contributed by atoms with Crippen molar-refractivity contribution in [3.05, 3.63) is 101 Å². The Labute approximate surface area is 176 Å². The molecule has 4 rings (SSSR count). The molecule has 0 saturated carbocycles. The number of imide groups is 1. The summed E-state index contributed by atoms with van der Waals surface area (Å²) >= 11 is 0. The van der Waals surface area contributed by atoms with Gasteiger partial charge in [-0.1, -0.05) is 48.5 Å². The van der Waals surface area contributed by atoms with Crippen molar-refractivity contribution >= 4 is 28.8 Å². The lowest BCUT2D eigenvalue weighted by Gasteiger charge is -2.16. The van der Waals surface area contributed by atoms with Gasteiger partial charge in [-0.05, 0) is 48.4 Å². The molecule has 3 aromatic rings. The van der Waals surface area contributed by atoms with Crippen molar-refractivity contribution in [2.45, 2.75) is 13.1 Å². The summed E-state index contributed by atoms with van der Waals surface area (Å²) in [6, 6.07) is 20.0. The minimum absolute atomic E-state index is 0.0606. The minimum atomic E-state index is -4.53. The number of nitrogens with one attached hydrogen (secondary N) is 1. The van der Waals surface area contributed by atoms with Crippen LogP contribution in [0.25, 0.3) is 5.57 Å². The molecule has 0 aromatic heterocycles. The van der Waals surface area contributed by atoms with Gasteiger partial charge in [0, 0.05) is 5.69 Å². The Morgan fingerprint density at radius 3 is 2.19 bits per heavy atom. The van der Waals surface area contributed by atoms with Gasteiger partial charge in [-0.3, -0.25) is 9.59 Å². The molecule has 3 aromatic carbocycles. The van der Waals surface area contributed by atoms with Crippen molar-refractivity contribution in [2.75, 3.05) is 10.2 Å². The fourth-order valence-corrected chi connectivity index (χ4v) is 3.44. The first-order chi connectivity index (χ1) is 14.8. The summed E-state index contributed by atoms with van der Waals surface area (Å²) < 4.78 is 39.3. The van der Waals surface area contributed by atoms with Gasteiger partial charge in [-0.15, -0.1) is 0 Å². The number of amides is 2. The molecule has 7 heteroatoms. The van der Waals surface area contributed by atoms with Crippen LogP contribution in [0.4, 0.5) is 24.5 Å². The predicted molar refractivity (Wildman–Crippen MR) is 112 cm³/mol.